The number of hydrogen-bond acceptors (Lipinski definition) is 3. The van der Waals surface area contributed by atoms with E-state index in [1.165, 1.54) is 25.7 Å². The Morgan fingerprint density at radius 1 is 1.25 bits per heavy atom. The average Bonchev–Trinajstić information content (AvgIpc) is 2.58. The fourth-order valence-corrected chi connectivity index (χ4v) is 4.06. The molecule has 1 unspecified atom stereocenters. The molecule has 16 heavy (non-hydrogen) atoms. The van der Waals surface area contributed by atoms with Crippen LogP contribution in [-0.2, 0) is 4.79 Å². The highest BCUT2D eigenvalue weighted by atomic mass is 32.2. The first-order chi connectivity index (χ1) is 7.73. The molecule has 2 N–H and O–H groups in total. The number of rotatable bonds is 3. The van der Waals surface area contributed by atoms with Gasteiger partial charge in [-0.2, -0.15) is 11.8 Å². The molecule has 0 radical (unpaired) electrons. The fraction of sp³-hybridized carbons (Fsp3) is 0.917. The summed E-state index contributed by atoms with van der Waals surface area (Å²) in [4.78, 5) is 11.4. The van der Waals surface area contributed by atoms with E-state index in [2.05, 4.69) is 5.32 Å². The predicted octanol–water partition coefficient (Wildman–Crippen LogP) is 2.26. The molecule has 0 spiro atoms. The van der Waals surface area contributed by atoms with Crippen LogP contribution in [0.15, 0.2) is 0 Å². The summed E-state index contributed by atoms with van der Waals surface area (Å²) in [6, 6.07) is 0.428. The summed E-state index contributed by atoms with van der Waals surface area (Å²) >= 11 is 1.76. The molecule has 1 saturated heterocycles. The van der Waals surface area contributed by atoms with Crippen molar-refractivity contribution in [2.75, 3.05) is 11.5 Å². The number of carbonyl (C=O) groups is 1. The van der Waals surface area contributed by atoms with Crippen molar-refractivity contribution in [2.24, 2.45) is 0 Å². The summed E-state index contributed by atoms with van der Waals surface area (Å²) in [5.74, 6) is 1.06. The van der Waals surface area contributed by atoms with E-state index >= 15 is 0 Å². The van der Waals surface area contributed by atoms with Gasteiger partial charge in [-0.25, -0.2) is 0 Å². The monoisotopic (exact) mass is 243 g/mol. The van der Waals surface area contributed by atoms with Crippen molar-refractivity contribution in [1.82, 2.24) is 5.32 Å². The van der Waals surface area contributed by atoms with Crippen molar-refractivity contribution >= 4 is 17.7 Å². The van der Waals surface area contributed by atoms with Gasteiger partial charge in [0.2, 0.25) is 0 Å². The van der Waals surface area contributed by atoms with E-state index in [1.807, 2.05) is 0 Å². The van der Waals surface area contributed by atoms with Gasteiger partial charge in [0.05, 0.1) is 0 Å². The second kappa shape index (κ2) is 5.41. The number of nitrogens with one attached hydrogen (secondary N) is 1. The van der Waals surface area contributed by atoms with Gasteiger partial charge in [0.1, 0.15) is 5.54 Å². The van der Waals surface area contributed by atoms with Crippen LogP contribution in [0.4, 0.5) is 0 Å². The molecule has 4 heteroatoms. The number of hydrogen-bond donors (Lipinski definition) is 2. The zero-order valence-electron chi connectivity index (χ0n) is 9.71. The lowest BCUT2D eigenvalue weighted by Crippen LogP contribution is -2.56. The van der Waals surface area contributed by atoms with Crippen LogP contribution >= 0.6 is 11.8 Å². The third-order valence-corrected chi connectivity index (χ3v) is 4.96. The Bertz CT molecular complexity index is 243. The lowest BCUT2D eigenvalue weighted by molar-refractivity contribution is -0.144. The van der Waals surface area contributed by atoms with Crippen LogP contribution in [0.3, 0.4) is 0 Å². The molecule has 92 valence electrons. The SMILES string of the molecule is O=C(O)C1(NC2CCCCCC2)CCSC1. The molecule has 0 aromatic heterocycles. The van der Waals surface area contributed by atoms with Crippen molar-refractivity contribution < 1.29 is 9.90 Å². The van der Waals surface area contributed by atoms with E-state index in [9.17, 15) is 9.90 Å². The van der Waals surface area contributed by atoms with Gasteiger partial charge >= 0.3 is 5.97 Å². The van der Waals surface area contributed by atoms with Crippen LogP contribution in [0.2, 0.25) is 0 Å². The summed E-state index contributed by atoms with van der Waals surface area (Å²) in [6.07, 6.45) is 8.21. The van der Waals surface area contributed by atoms with Gasteiger partial charge in [0.15, 0.2) is 0 Å². The average molecular weight is 243 g/mol. The van der Waals surface area contributed by atoms with Gasteiger partial charge in [-0.1, -0.05) is 25.7 Å². The summed E-state index contributed by atoms with van der Waals surface area (Å²) in [7, 11) is 0. The molecule has 2 aliphatic rings. The van der Waals surface area contributed by atoms with Gasteiger partial charge in [-0.05, 0) is 25.0 Å². The predicted molar refractivity (Wildman–Crippen MR) is 66.9 cm³/mol. The molecule has 0 amide bonds. The minimum Gasteiger partial charge on any atom is -0.480 e. The number of carboxylic acid groups (broad SMARTS) is 1. The Morgan fingerprint density at radius 2 is 1.94 bits per heavy atom. The Kier molecular flexibility index (Phi) is 4.14. The van der Waals surface area contributed by atoms with E-state index in [-0.39, 0.29) is 0 Å². The largest absolute Gasteiger partial charge is 0.480 e. The standard InChI is InChI=1S/C12H21NO2S/c14-11(15)12(7-8-16-9-12)13-10-5-3-1-2-4-6-10/h10,13H,1-9H2,(H,14,15). The Hall–Kier alpha value is -0.220. The summed E-state index contributed by atoms with van der Waals surface area (Å²) in [5, 5.41) is 12.8. The third-order valence-electron chi connectivity index (χ3n) is 3.77. The minimum absolute atomic E-state index is 0.428. The first kappa shape index (κ1) is 12.2. The molecule has 3 nitrogen and oxygen atoms in total. The molecule has 2 fully saturated rings. The maximum absolute atomic E-state index is 11.4. The second-order valence-electron chi connectivity index (χ2n) is 5.02. The molecule has 0 aromatic carbocycles. The van der Waals surface area contributed by atoms with E-state index in [0.29, 0.717) is 6.04 Å². The Labute approximate surface area is 101 Å². The summed E-state index contributed by atoms with van der Waals surface area (Å²) in [5.41, 5.74) is -0.625. The molecule has 1 aliphatic heterocycles. The van der Waals surface area contributed by atoms with Crippen LogP contribution < -0.4 is 5.32 Å². The first-order valence-electron chi connectivity index (χ1n) is 6.32. The van der Waals surface area contributed by atoms with Gasteiger partial charge < -0.3 is 5.11 Å². The van der Waals surface area contributed by atoms with Crippen molar-refractivity contribution in [3.63, 3.8) is 0 Å². The Morgan fingerprint density at radius 3 is 2.44 bits per heavy atom. The van der Waals surface area contributed by atoms with Gasteiger partial charge in [0.25, 0.3) is 0 Å². The third kappa shape index (κ3) is 2.72. The second-order valence-corrected chi connectivity index (χ2v) is 6.13. The molecular weight excluding hydrogens is 222 g/mol. The zero-order chi connectivity index (χ0) is 11.4. The van der Waals surface area contributed by atoms with Crippen molar-refractivity contribution in [2.45, 2.75) is 56.5 Å². The van der Waals surface area contributed by atoms with Crippen LogP contribution in [0, 0.1) is 0 Å². The van der Waals surface area contributed by atoms with Crippen molar-refractivity contribution in [1.29, 1.82) is 0 Å². The molecule has 1 heterocycles. The molecule has 0 bridgehead atoms. The van der Waals surface area contributed by atoms with Crippen LogP contribution in [0.1, 0.15) is 44.9 Å². The Balaban J connectivity index is 1.96. The number of aliphatic carboxylic acids is 1. The van der Waals surface area contributed by atoms with E-state index in [1.54, 1.807) is 11.8 Å². The normalized spacial score (nSPS) is 32.5. The first-order valence-corrected chi connectivity index (χ1v) is 7.47. The lowest BCUT2D eigenvalue weighted by Gasteiger charge is -2.30. The maximum Gasteiger partial charge on any atom is 0.324 e. The highest BCUT2D eigenvalue weighted by molar-refractivity contribution is 7.99. The van der Waals surface area contributed by atoms with Crippen LogP contribution in [0.5, 0.6) is 0 Å². The quantitative estimate of drug-likeness (QED) is 0.747. The van der Waals surface area contributed by atoms with E-state index in [0.717, 1.165) is 30.8 Å². The summed E-state index contributed by atoms with van der Waals surface area (Å²) < 4.78 is 0. The molecule has 2 rings (SSSR count). The van der Waals surface area contributed by atoms with Crippen LogP contribution in [-0.4, -0.2) is 34.2 Å². The van der Waals surface area contributed by atoms with Gasteiger partial charge in [-0.3, -0.25) is 10.1 Å². The maximum atomic E-state index is 11.4. The molecular formula is C12H21NO2S. The van der Waals surface area contributed by atoms with Crippen molar-refractivity contribution in [3.8, 4) is 0 Å². The number of thioether (sulfide) groups is 1. The molecule has 1 atom stereocenters. The fourth-order valence-electron chi connectivity index (χ4n) is 2.72. The highest BCUT2D eigenvalue weighted by Gasteiger charge is 2.43. The lowest BCUT2D eigenvalue weighted by atomic mass is 9.96. The van der Waals surface area contributed by atoms with E-state index in [4.69, 9.17) is 0 Å². The smallest absolute Gasteiger partial charge is 0.324 e. The van der Waals surface area contributed by atoms with Crippen molar-refractivity contribution in [3.05, 3.63) is 0 Å². The minimum atomic E-state index is -0.651. The van der Waals surface area contributed by atoms with Gasteiger partial charge in [0, 0.05) is 11.8 Å². The zero-order valence-corrected chi connectivity index (χ0v) is 10.5. The molecule has 1 aliphatic carbocycles. The van der Waals surface area contributed by atoms with Crippen LogP contribution in [0.25, 0.3) is 0 Å². The van der Waals surface area contributed by atoms with E-state index < -0.39 is 11.5 Å². The molecule has 0 aromatic rings. The highest BCUT2D eigenvalue weighted by Crippen LogP contribution is 2.30. The van der Waals surface area contributed by atoms with Gasteiger partial charge in [-0.15, -0.1) is 0 Å². The summed E-state index contributed by atoms with van der Waals surface area (Å²) in [6.45, 7) is 0. The topological polar surface area (TPSA) is 49.3 Å². The molecule has 1 saturated carbocycles. The number of carboxylic acids is 1.